The average molecular weight is 332 g/mol. The van der Waals surface area contributed by atoms with E-state index in [0.717, 1.165) is 15.7 Å². The summed E-state index contributed by atoms with van der Waals surface area (Å²) < 4.78 is 1.58. The zero-order chi connectivity index (χ0) is 15.1. The van der Waals surface area contributed by atoms with Gasteiger partial charge in [0.15, 0.2) is 4.96 Å². The highest BCUT2D eigenvalue weighted by Crippen LogP contribution is 2.42. The van der Waals surface area contributed by atoms with Crippen LogP contribution in [0.25, 0.3) is 4.96 Å². The van der Waals surface area contributed by atoms with Gasteiger partial charge in [-0.3, -0.25) is 9.20 Å². The summed E-state index contributed by atoms with van der Waals surface area (Å²) in [6.07, 6.45) is 6.18. The van der Waals surface area contributed by atoms with Gasteiger partial charge >= 0.3 is 0 Å². The van der Waals surface area contributed by atoms with E-state index in [1.54, 1.807) is 28.0 Å². The Balaban J connectivity index is 1.55. The van der Waals surface area contributed by atoms with Crippen molar-refractivity contribution in [2.45, 2.75) is 32.4 Å². The Labute approximate surface area is 135 Å². The van der Waals surface area contributed by atoms with E-state index in [4.69, 9.17) is 0 Å². The van der Waals surface area contributed by atoms with E-state index in [-0.39, 0.29) is 11.6 Å². The quantitative estimate of drug-likeness (QED) is 0.780. The highest BCUT2D eigenvalue weighted by Gasteiger charge is 2.33. The third kappa shape index (κ3) is 2.71. The first-order valence-corrected chi connectivity index (χ1v) is 9.02. The Bertz CT molecular complexity index is 862. The molecule has 1 fully saturated rings. The molecule has 0 spiro atoms. The van der Waals surface area contributed by atoms with Crippen molar-refractivity contribution in [2.75, 3.05) is 0 Å². The molecule has 4 rings (SSSR count). The predicted molar refractivity (Wildman–Crippen MR) is 88.5 cm³/mol. The monoisotopic (exact) mass is 332 g/mol. The number of aryl methyl sites for hydroxylation is 1. The van der Waals surface area contributed by atoms with Gasteiger partial charge in [0.1, 0.15) is 5.01 Å². The Hall–Kier alpha value is -1.57. The summed E-state index contributed by atoms with van der Waals surface area (Å²) in [6.45, 7) is 2.68. The molecule has 0 saturated heterocycles. The summed E-state index contributed by atoms with van der Waals surface area (Å²) >= 11 is 3.23. The maximum absolute atomic E-state index is 12.0. The lowest BCUT2D eigenvalue weighted by molar-refractivity contribution is 0.474. The van der Waals surface area contributed by atoms with Gasteiger partial charge in [0.2, 0.25) is 0 Å². The van der Waals surface area contributed by atoms with E-state index in [9.17, 15) is 4.79 Å². The van der Waals surface area contributed by atoms with Crippen LogP contribution in [-0.2, 0) is 6.54 Å². The molecule has 0 aromatic carbocycles. The van der Waals surface area contributed by atoms with Crippen molar-refractivity contribution in [3.63, 3.8) is 0 Å². The van der Waals surface area contributed by atoms with Gasteiger partial charge in [-0.15, -0.1) is 22.7 Å². The van der Waals surface area contributed by atoms with Crippen LogP contribution < -0.4 is 10.9 Å². The molecule has 1 aliphatic carbocycles. The summed E-state index contributed by atoms with van der Waals surface area (Å²) in [4.78, 5) is 23.1. The van der Waals surface area contributed by atoms with E-state index in [2.05, 4.69) is 22.2 Å². The van der Waals surface area contributed by atoms with Crippen molar-refractivity contribution < 1.29 is 0 Å². The van der Waals surface area contributed by atoms with Gasteiger partial charge in [-0.25, -0.2) is 9.97 Å². The molecule has 22 heavy (non-hydrogen) atoms. The lowest BCUT2D eigenvalue weighted by Crippen LogP contribution is -2.24. The number of aromatic nitrogens is 3. The number of rotatable bonds is 5. The number of thiazole rings is 2. The van der Waals surface area contributed by atoms with Crippen LogP contribution in [0.2, 0.25) is 0 Å². The highest BCUT2D eigenvalue weighted by atomic mass is 32.1. The Kier molecular flexibility index (Phi) is 3.56. The molecule has 1 atom stereocenters. The molecule has 7 heteroatoms. The second kappa shape index (κ2) is 5.57. The molecule has 5 nitrogen and oxygen atoms in total. The van der Waals surface area contributed by atoms with Crippen molar-refractivity contribution >= 4 is 27.6 Å². The number of nitrogens with zero attached hydrogens (tertiary/aromatic N) is 3. The van der Waals surface area contributed by atoms with Gasteiger partial charge in [-0.1, -0.05) is 0 Å². The number of hydrogen-bond donors (Lipinski definition) is 1. The van der Waals surface area contributed by atoms with Crippen molar-refractivity contribution in [3.05, 3.63) is 49.8 Å². The lowest BCUT2D eigenvalue weighted by Gasteiger charge is -2.15. The smallest absolute Gasteiger partial charge is 0.258 e. The van der Waals surface area contributed by atoms with E-state index in [0.29, 0.717) is 12.5 Å². The second-order valence-electron chi connectivity index (χ2n) is 5.65. The molecule has 3 heterocycles. The van der Waals surface area contributed by atoms with Crippen LogP contribution in [0.1, 0.15) is 34.5 Å². The van der Waals surface area contributed by atoms with E-state index < -0.39 is 0 Å². The zero-order valence-electron chi connectivity index (χ0n) is 12.2. The molecular formula is C15H16N4OS2. The summed E-state index contributed by atoms with van der Waals surface area (Å²) in [5.74, 6) is 0.664. The Morgan fingerprint density at radius 1 is 1.50 bits per heavy atom. The second-order valence-corrected chi connectivity index (χ2v) is 7.79. The van der Waals surface area contributed by atoms with Crippen molar-refractivity contribution in [1.82, 2.24) is 19.7 Å². The molecule has 0 aliphatic heterocycles. The summed E-state index contributed by atoms with van der Waals surface area (Å²) in [5, 5.41) is 6.58. The minimum absolute atomic E-state index is 0.0175. The Morgan fingerprint density at radius 3 is 3.09 bits per heavy atom. The highest BCUT2D eigenvalue weighted by molar-refractivity contribution is 7.15. The molecule has 3 aromatic rings. The van der Waals surface area contributed by atoms with Crippen LogP contribution in [0.3, 0.4) is 0 Å². The number of fused-ring (bicyclic) bond motifs is 1. The molecule has 1 aliphatic rings. The lowest BCUT2D eigenvalue weighted by atomic mass is 10.2. The Morgan fingerprint density at radius 2 is 2.36 bits per heavy atom. The summed E-state index contributed by atoms with van der Waals surface area (Å²) in [6, 6.07) is 1.89. The molecule has 1 N–H and O–H groups in total. The SMILES string of the molecule is Cc1cnc([C@H](NCc2cc(=O)n3ccsc3n2)C2CC2)s1. The molecule has 0 unspecified atom stereocenters. The molecule has 0 amide bonds. The minimum atomic E-state index is -0.0175. The van der Waals surface area contributed by atoms with E-state index in [1.807, 2.05) is 11.6 Å². The van der Waals surface area contributed by atoms with Crippen molar-refractivity contribution in [3.8, 4) is 0 Å². The molecule has 114 valence electrons. The van der Waals surface area contributed by atoms with Gasteiger partial charge in [-0.05, 0) is 25.7 Å². The molecule has 0 bridgehead atoms. The maximum atomic E-state index is 12.0. The zero-order valence-corrected chi connectivity index (χ0v) is 13.8. The van der Waals surface area contributed by atoms with Crippen LogP contribution >= 0.6 is 22.7 Å². The van der Waals surface area contributed by atoms with Crippen LogP contribution in [0.4, 0.5) is 0 Å². The summed E-state index contributed by atoms with van der Waals surface area (Å²) in [5.41, 5.74) is 0.780. The third-order valence-corrected chi connectivity index (χ3v) is 5.61. The minimum Gasteiger partial charge on any atom is -0.302 e. The summed E-state index contributed by atoms with van der Waals surface area (Å²) in [7, 11) is 0. The van der Waals surface area contributed by atoms with Crippen LogP contribution in [-0.4, -0.2) is 14.4 Å². The van der Waals surface area contributed by atoms with Crippen molar-refractivity contribution in [1.29, 1.82) is 0 Å². The molecule has 3 aromatic heterocycles. The van der Waals surface area contributed by atoms with Gasteiger partial charge < -0.3 is 5.32 Å². The first-order chi connectivity index (χ1) is 10.7. The largest absolute Gasteiger partial charge is 0.302 e. The molecular weight excluding hydrogens is 316 g/mol. The normalized spacial score (nSPS) is 16.2. The average Bonchev–Trinajstić information content (AvgIpc) is 3.04. The number of nitrogens with one attached hydrogen (secondary N) is 1. The topological polar surface area (TPSA) is 59.3 Å². The van der Waals surface area contributed by atoms with E-state index >= 15 is 0 Å². The fraction of sp³-hybridized carbons (Fsp3) is 0.400. The van der Waals surface area contributed by atoms with Crippen LogP contribution in [0.15, 0.2) is 28.6 Å². The van der Waals surface area contributed by atoms with Gasteiger partial charge in [-0.2, -0.15) is 0 Å². The molecule has 1 saturated carbocycles. The van der Waals surface area contributed by atoms with Crippen LogP contribution in [0.5, 0.6) is 0 Å². The molecule has 0 radical (unpaired) electrons. The van der Waals surface area contributed by atoms with Gasteiger partial charge in [0.05, 0.1) is 11.7 Å². The fourth-order valence-electron chi connectivity index (χ4n) is 2.59. The third-order valence-electron chi connectivity index (χ3n) is 3.86. The van der Waals surface area contributed by atoms with Crippen LogP contribution in [0, 0.1) is 12.8 Å². The van der Waals surface area contributed by atoms with E-state index in [1.165, 1.54) is 29.1 Å². The number of hydrogen-bond acceptors (Lipinski definition) is 6. The predicted octanol–water partition coefficient (Wildman–Crippen LogP) is 2.76. The standard InChI is InChI=1S/C15H16N4OS2/c1-9-7-17-14(22-9)13(10-2-3-10)16-8-11-6-12(20)19-4-5-21-15(19)18-11/h4-7,10,13,16H,2-3,8H2,1H3/t13-/m1/s1. The first kappa shape index (κ1) is 14.0. The van der Waals surface area contributed by atoms with Crippen molar-refractivity contribution in [2.24, 2.45) is 5.92 Å². The first-order valence-electron chi connectivity index (χ1n) is 7.32. The fourth-order valence-corrected chi connectivity index (χ4v) is 4.28. The maximum Gasteiger partial charge on any atom is 0.258 e. The van der Waals surface area contributed by atoms with Gasteiger partial charge in [0, 0.05) is 35.3 Å². The van der Waals surface area contributed by atoms with Gasteiger partial charge in [0.25, 0.3) is 5.56 Å².